The van der Waals surface area contributed by atoms with Crippen molar-refractivity contribution >= 4 is 40.4 Å². The Morgan fingerprint density at radius 1 is 1.16 bits per heavy atom. The first-order chi connectivity index (χ1) is 12.0. The molecule has 1 heterocycles. The molecule has 0 saturated carbocycles. The van der Waals surface area contributed by atoms with Crippen molar-refractivity contribution in [3.8, 4) is 5.75 Å². The maximum Gasteiger partial charge on any atom is 0.157 e. The molecular formula is C18H16Cl2FNO2S. The van der Waals surface area contributed by atoms with Crippen LogP contribution in [-0.2, 0) is 11.3 Å². The number of thiocarbonyl (C=S) groups is 1. The van der Waals surface area contributed by atoms with Gasteiger partial charge >= 0.3 is 0 Å². The highest BCUT2D eigenvalue weighted by atomic mass is 35.5. The summed E-state index contributed by atoms with van der Waals surface area (Å²) in [6, 6.07) is 9.67. The average molecular weight is 400 g/mol. The van der Waals surface area contributed by atoms with Gasteiger partial charge in [-0.15, -0.1) is 0 Å². The molecule has 1 fully saturated rings. The minimum atomic E-state index is -0.315. The Morgan fingerprint density at radius 2 is 1.84 bits per heavy atom. The molecule has 2 aromatic rings. The average Bonchev–Trinajstić information content (AvgIpc) is 2.61. The van der Waals surface area contributed by atoms with E-state index in [1.807, 2.05) is 0 Å². The van der Waals surface area contributed by atoms with Crippen molar-refractivity contribution in [1.82, 2.24) is 4.90 Å². The third-order valence-corrected chi connectivity index (χ3v) is 4.87. The summed E-state index contributed by atoms with van der Waals surface area (Å²) in [5, 5.41) is 0.740. The van der Waals surface area contributed by atoms with E-state index < -0.39 is 0 Å². The second-order valence-corrected chi connectivity index (χ2v) is 6.79. The number of benzene rings is 2. The van der Waals surface area contributed by atoms with Crippen LogP contribution in [-0.4, -0.2) is 36.2 Å². The van der Waals surface area contributed by atoms with Crippen LogP contribution < -0.4 is 4.74 Å². The molecule has 7 heteroatoms. The predicted molar refractivity (Wildman–Crippen MR) is 101 cm³/mol. The number of hydrogen-bond donors (Lipinski definition) is 0. The van der Waals surface area contributed by atoms with Gasteiger partial charge < -0.3 is 14.4 Å². The predicted octanol–water partition coefficient (Wildman–Crippen LogP) is 4.72. The fourth-order valence-corrected chi connectivity index (χ4v) is 3.45. The van der Waals surface area contributed by atoms with E-state index in [1.54, 1.807) is 24.3 Å². The second kappa shape index (κ2) is 8.32. The van der Waals surface area contributed by atoms with Crippen LogP contribution in [0.2, 0.25) is 10.0 Å². The SMILES string of the molecule is Fc1cccc(COc2c(Cl)cc(C(=S)N3CCOCC3)cc2Cl)c1. The summed E-state index contributed by atoms with van der Waals surface area (Å²) in [5.41, 5.74) is 1.46. The van der Waals surface area contributed by atoms with Gasteiger partial charge in [-0.05, 0) is 29.8 Å². The van der Waals surface area contributed by atoms with Gasteiger partial charge in [0.15, 0.2) is 5.75 Å². The molecule has 1 aliphatic heterocycles. The molecule has 25 heavy (non-hydrogen) atoms. The van der Waals surface area contributed by atoms with Crippen LogP contribution in [0.25, 0.3) is 0 Å². The molecule has 0 N–H and O–H groups in total. The molecule has 0 bridgehead atoms. The molecule has 0 radical (unpaired) electrons. The van der Waals surface area contributed by atoms with E-state index in [4.69, 9.17) is 44.9 Å². The van der Waals surface area contributed by atoms with Gasteiger partial charge in [0.25, 0.3) is 0 Å². The van der Waals surface area contributed by atoms with Crippen LogP contribution in [0.15, 0.2) is 36.4 Å². The van der Waals surface area contributed by atoms with Gasteiger partial charge in [-0.1, -0.05) is 47.6 Å². The summed E-state index contributed by atoms with van der Waals surface area (Å²) in [4.78, 5) is 2.75. The zero-order chi connectivity index (χ0) is 17.8. The van der Waals surface area contributed by atoms with Crippen molar-refractivity contribution in [3.63, 3.8) is 0 Å². The number of rotatable bonds is 4. The highest BCUT2D eigenvalue weighted by molar-refractivity contribution is 7.80. The minimum absolute atomic E-state index is 0.171. The number of hydrogen-bond acceptors (Lipinski definition) is 3. The standard InChI is InChI=1S/C18H16Cl2FNO2S/c19-15-9-13(18(25)22-4-6-23-7-5-22)10-16(20)17(15)24-11-12-2-1-3-14(21)8-12/h1-3,8-10H,4-7,11H2. The molecule has 1 aliphatic rings. The molecule has 0 spiro atoms. The van der Waals surface area contributed by atoms with Gasteiger partial charge in [0.2, 0.25) is 0 Å². The maximum atomic E-state index is 13.2. The quantitative estimate of drug-likeness (QED) is 0.693. The molecule has 1 saturated heterocycles. The van der Waals surface area contributed by atoms with Gasteiger partial charge in [0.05, 0.1) is 23.3 Å². The first-order valence-corrected chi connectivity index (χ1v) is 8.94. The second-order valence-electron chi connectivity index (χ2n) is 5.59. The number of ether oxygens (including phenoxy) is 2. The van der Waals surface area contributed by atoms with Gasteiger partial charge in [-0.2, -0.15) is 0 Å². The van der Waals surface area contributed by atoms with E-state index >= 15 is 0 Å². The minimum Gasteiger partial charge on any atom is -0.486 e. The van der Waals surface area contributed by atoms with E-state index in [0.717, 1.165) is 18.7 Å². The van der Waals surface area contributed by atoms with E-state index in [-0.39, 0.29) is 12.4 Å². The molecule has 0 atom stereocenters. The zero-order valence-corrected chi connectivity index (χ0v) is 15.6. The van der Waals surface area contributed by atoms with Crippen LogP contribution in [0.3, 0.4) is 0 Å². The lowest BCUT2D eigenvalue weighted by Crippen LogP contribution is -2.40. The summed E-state index contributed by atoms with van der Waals surface area (Å²) in [6.45, 7) is 2.95. The van der Waals surface area contributed by atoms with Crippen molar-refractivity contribution < 1.29 is 13.9 Å². The fraction of sp³-hybridized carbons (Fsp3) is 0.278. The number of nitrogens with zero attached hydrogens (tertiary/aromatic N) is 1. The Labute approximate surface area is 161 Å². The van der Waals surface area contributed by atoms with Crippen molar-refractivity contribution in [2.75, 3.05) is 26.3 Å². The van der Waals surface area contributed by atoms with E-state index in [9.17, 15) is 4.39 Å². The molecule has 3 nitrogen and oxygen atoms in total. The topological polar surface area (TPSA) is 21.7 Å². The fourth-order valence-electron chi connectivity index (χ4n) is 2.55. The Morgan fingerprint density at radius 3 is 2.48 bits per heavy atom. The molecule has 132 valence electrons. The highest BCUT2D eigenvalue weighted by Crippen LogP contribution is 2.35. The van der Waals surface area contributed by atoms with Crippen LogP contribution in [0.5, 0.6) is 5.75 Å². The Balaban J connectivity index is 1.74. The van der Waals surface area contributed by atoms with Crippen LogP contribution in [0.4, 0.5) is 4.39 Å². The van der Waals surface area contributed by atoms with Crippen molar-refractivity contribution in [1.29, 1.82) is 0 Å². The molecule has 2 aromatic carbocycles. The Hall–Kier alpha value is -1.40. The molecular weight excluding hydrogens is 384 g/mol. The largest absolute Gasteiger partial charge is 0.486 e. The van der Waals surface area contributed by atoms with Gasteiger partial charge in [-0.25, -0.2) is 4.39 Å². The van der Waals surface area contributed by atoms with Crippen molar-refractivity contribution in [3.05, 3.63) is 63.4 Å². The molecule has 3 rings (SSSR count). The molecule has 0 amide bonds. The van der Waals surface area contributed by atoms with Crippen LogP contribution in [0.1, 0.15) is 11.1 Å². The normalized spacial score (nSPS) is 14.4. The van der Waals surface area contributed by atoms with E-state index in [0.29, 0.717) is 39.6 Å². The van der Waals surface area contributed by atoms with Crippen LogP contribution in [0, 0.1) is 5.82 Å². The number of morpholine rings is 1. The maximum absolute atomic E-state index is 13.2. The molecule has 0 unspecified atom stereocenters. The Bertz CT molecular complexity index is 758. The monoisotopic (exact) mass is 399 g/mol. The summed E-state index contributed by atoms with van der Waals surface area (Å²) >= 11 is 18.2. The summed E-state index contributed by atoms with van der Waals surface area (Å²) in [7, 11) is 0. The summed E-state index contributed by atoms with van der Waals surface area (Å²) in [5.74, 6) is 0.0469. The smallest absolute Gasteiger partial charge is 0.157 e. The van der Waals surface area contributed by atoms with Gasteiger partial charge in [0.1, 0.15) is 17.4 Å². The lowest BCUT2D eigenvalue weighted by molar-refractivity contribution is 0.0693. The van der Waals surface area contributed by atoms with Gasteiger partial charge in [0, 0.05) is 18.7 Å². The molecule has 0 aliphatic carbocycles. The third kappa shape index (κ3) is 4.61. The summed E-state index contributed by atoms with van der Waals surface area (Å²) in [6.07, 6.45) is 0. The van der Waals surface area contributed by atoms with Crippen LogP contribution >= 0.6 is 35.4 Å². The van der Waals surface area contributed by atoms with Gasteiger partial charge in [-0.3, -0.25) is 0 Å². The van der Waals surface area contributed by atoms with Crippen molar-refractivity contribution in [2.24, 2.45) is 0 Å². The number of halogens is 3. The van der Waals surface area contributed by atoms with Crippen molar-refractivity contribution in [2.45, 2.75) is 6.61 Å². The Kier molecular flexibility index (Phi) is 6.12. The lowest BCUT2D eigenvalue weighted by Gasteiger charge is -2.29. The summed E-state index contributed by atoms with van der Waals surface area (Å²) < 4.78 is 24.3. The first-order valence-electron chi connectivity index (χ1n) is 7.78. The zero-order valence-electron chi connectivity index (χ0n) is 13.3. The first kappa shape index (κ1) is 18.4. The highest BCUT2D eigenvalue weighted by Gasteiger charge is 2.18. The molecule has 0 aromatic heterocycles. The van der Waals surface area contributed by atoms with E-state index in [2.05, 4.69) is 4.90 Å². The lowest BCUT2D eigenvalue weighted by atomic mass is 10.2. The third-order valence-electron chi connectivity index (χ3n) is 3.82. The van der Waals surface area contributed by atoms with E-state index in [1.165, 1.54) is 12.1 Å².